The molecule has 0 atom stereocenters. The first kappa shape index (κ1) is 17.9. The van der Waals surface area contributed by atoms with Gasteiger partial charge in [-0.3, -0.25) is 9.69 Å². The lowest BCUT2D eigenvalue weighted by atomic mass is 10.2. The van der Waals surface area contributed by atoms with E-state index in [2.05, 4.69) is 25.1 Å². The van der Waals surface area contributed by atoms with Gasteiger partial charge < -0.3 is 10.2 Å². The van der Waals surface area contributed by atoms with E-state index in [4.69, 9.17) is 0 Å². The minimum absolute atomic E-state index is 0.0267. The molecule has 0 radical (unpaired) electrons. The van der Waals surface area contributed by atoms with E-state index in [0.717, 1.165) is 54.3 Å². The smallest absolute Gasteiger partial charge is 0.227 e. The molecule has 0 unspecified atom stereocenters. The third-order valence-corrected chi connectivity index (χ3v) is 5.80. The van der Waals surface area contributed by atoms with Crippen molar-refractivity contribution in [2.75, 3.05) is 42.9 Å². The molecule has 0 saturated carbocycles. The zero-order chi connectivity index (χ0) is 18.6. The Morgan fingerprint density at radius 1 is 1.15 bits per heavy atom. The molecule has 4 rings (SSSR count). The predicted octanol–water partition coefficient (Wildman–Crippen LogP) is 3.15. The van der Waals surface area contributed by atoms with Crippen molar-refractivity contribution >= 4 is 38.4 Å². The van der Waals surface area contributed by atoms with Crippen LogP contribution in [0, 0.1) is 6.92 Å². The Morgan fingerprint density at radius 3 is 2.74 bits per heavy atom. The Bertz CT molecular complexity index is 919. The highest BCUT2D eigenvalue weighted by atomic mass is 32.1. The fourth-order valence-corrected chi connectivity index (χ4v) is 4.28. The Balaban J connectivity index is 1.25. The maximum absolute atomic E-state index is 12.3. The highest BCUT2D eigenvalue weighted by Gasteiger charge is 2.18. The third kappa shape index (κ3) is 4.26. The molecule has 7 heteroatoms. The van der Waals surface area contributed by atoms with Crippen molar-refractivity contribution < 1.29 is 4.79 Å². The van der Waals surface area contributed by atoms with E-state index in [1.807, 2.05) is 49.5 Å². The van der Waals surface area contributed by atoms with Crippen molar-refractivity contribution in [2.24, 2.45) is 0 Å². The molecule has 1 amide bonds. The molecule has 0 aliphatic carbocycles. The van der Waals surface area contributed by atoms with Crippen LogP contribution in [-0.4, -0.2) is 53.5 Å². The van der Waals surface area contributed by atoms with Crippen LogP contribution in [-0.2, 0) is 4.79 Å². The maximum atomic E-state index is 12.3. The number of rotatable bonds is 5. The van der Waals surface area contributed by atoms with E-state index in [1.165, 1.54) is 11.3 Å². The third-order valence-electron chi connectivity index (χ3n) is 4.87. The number of aromatic nitrogens is 2. The fourth-order valence-electron chi connectivity index (χ4n) is 3.32. The average molecular weight is 382 g/mol. The monoisotopic (exact) mass is 381 g/mol. The van der Waals surface area contributed by atoms with Gasteiger partial charge in [-0.05, 0) is 30.7 Å². The van der Waals surface area contributed by atoms with Gasteiger partial charge in [0.15, 0.2) is 5.13 Å². The number of hydrogen-bond donors (Lipinski definition) is 1. The van der Waals surface area contributed by atoms with E-state index in [-0.39, 0.29) is 5.91 Å². The van der Waals surface area contributed by atoms with Crippen molar-refractivity contribution in [1.82, 2.24) is 14.9 Å². The topological polar surface area (TPSA) is 61.4 Å². The average Bonchev–Trinajstić information content (AvgIpc) is 3.11. The van der Waals surface area contributed by atoms with Crippen molar-refractivity contribution in [3.8, 4) is 0 Å². The molecule has 1 aliphatic rings. The van der Waals surface area contributed by atoms with Crippen molar-refractivity contribution in [2.45, 2.75) is 13.3 Å². The Kier molecular flexibility index (Phi) is 5.31. The second-order valence-electron chi connectivity index (χ2n) is 6.76. The fraction of sp³-hybridized carbons (Fsp3) is 0.350. The minimum atomic E-state index is 0.0267. The van der Waals surface area contributed by atoms with E-state index < -0.39 is 0 Å². The second-order valence-corrected chi connectivity index (χ2v) is 7.79. The molecule has 6 nitrogen and oxygen atoms in total. The Labute approximate surface area is 162 Å². The first-order chi connectivity index (χ1) is 13.2. The summed E-state index contributed by atoms with van der Waals surface area (Å²) >= 11 is 1.53. The van der Waals surface area contributed by atoms with Gasteiger partial charge in [0, 0.05) is 45.3 Å². The van der Waals surface area contributed by atoms with E-state index >= 15 is 0 Å². The summed E-state index contributed by atoms with van der Waals surface area (Å²) in [6, 6.07) is 12.1. The summed E-state index contributed by atoms with van der Waals surface area (Å²) in [6.07, 6.45) is 2.31. The summed E-state index contributed by atoms with van der Waals surface area (Å²) in [5, 5.41) is 3.64. The molecular formula is C20H23N5OS. The normalized spacial score (nSPS) is 15.2. The van der Waals surface area contributed by atoms with E-state index in [1.54, 1.807) is 0 Å². The number of aryl methyl sites for hydroxylation is 1. The number of nitrogens with zero attached hydrogens (tertiary/aromatic N) is 4. The first-order valence-corrected chi connectivity index (χ1v) is 10.0. The van der Waals surface area contributed by atoms with Gasteiger partial charge in [-0.2, -0.15) is 0 Å². The number of carbonyl (C=O) groups excluding carboxylic acids is 1. The second kappa shape index (κ2) is 8.02. The Hall–Kier alpha value is -2.51. The van der Waals surface area contributed by atoms with Crippen LogP contribution in [0.25, 0.3) is 10.2 Å². The van der Waals surface area contributed by atoms with Crippen molar-refractivity contribution in [3.05, 3.63) is 48.2 Å². The lowest BCUT2D eigenvalue weighted by molar-refractivity contribution is -0.116. The summed E-state index contributed by atoms with van der Waals surface area (Å²) < 4.78 is 1.11. The predicted molar refractivity (Wildman–Crippen MR) is 110 cm³/mol. The molecule has 3 aromatic rings. The SMILES string of the molecule is Cc1cccc2sc(NC(=O)CCN3CCN(c4ccccn4)CC3)nc12. The van der Waals surface area contributed by atoms with Crippen LogP contribution in [0.2, 0.25) is 0 Å². The van der Waals surface area contributed by atoms with Crippen LogP contribution < -0.4 is 10.2 Å². The maximum Gasteiger partial charge on any atom is 0.227 e. The highest BCUT2D eigenvalue weighted by molar-refractivity contribution is 7.22. The van der Waals surface area contributed by atoms with Gasteiger partial charge in [0.05, 0.1) is 10.2 Å². The molecule has 1 aromatic carbocycles. The first-order valence-electron chi connectivity index (χ1n) is 9.23. The van der Waals surface area contributed by atoms with Gasteiger partial charge in [-0.15, -0.1) is 0 Å². The number of pyridine rings is 1. The zero-order valence-electron chi connectivity index (χ0n) is 15.4. The minimum Gasteiger partial charge on any atom is -0.354 e. The number of nitrogens with one attached hydrogen (secondary N) is 1. The summed E-state index contributed by atoms with van der Waals surface area (Å²) in [6.45, 7) is 6.59. The number of piperazine rings is 1. The molecule has 0 bridgehead atoms. The summed E-state index contributed by atoms with van der Waals surface area (Å²) in [4.78, 5) is 25.9. The highest BCUT2D eigenvalue weighted by Crippen LogP contribution is 2.27. The van der Waals surface area contributed by atoms with Crippen LogP contribution in [0.4, 0.5) is 10.9 Å². The molecular weight excluding hydrogens is 358 g/mol. The van der Waals surface area contributed by atoms with E-state index in [9.17, 15) is 4.79 Å². The number of para-hydroxylation sites is 1. The molecule has 1 saturated heterocycles. The Morgan fingerprint density at radius 2 is 2.00 bits per heavy atom. The molecule has 1 N–H and O–H groups in total. The van der Waals surface area contributed by atoms with Crippen LogP contribution in [0.3, 0.4) is 0 Å². The van der Waals surface area contributed by atoms with Gasteiger partial charge in [0.25, 0.3) is 0 Å². The molecule has 1 aliphatic heterocycles. The number of fused-ring (bicyclic) bond motifs is 1. The number of benzene rings is 1. The van der Waals surface area contributed by atoms with Gasteiger partial charge in [0.2, 0.25) is 5.91 Å². The van der Waals surface area contributed by atoms with Gasteiger partial charge in [-0.1, -0.05) is 29.5 Å². The molecule has 140 valence electrons. The molecule has 27 heavy (non-hydrogen) atoms. The molecule has 1 fully saturated rings. The molecule has 0 spiro atoms. The van der Waals surface area contributed by atoms with Crippen molar-refractivity contribution in [3.63, 3.8) is 0 Å². The van der Waals surface area contributed by atoms with Crippen molar-refractivity contribution in [1.29, 1.82) is 0 Å². The lowest BCUT2D eigenvalue weighted by Gasteiger charge is -2.35. The quantitative estimate of drug-likeness (QED) is 0.736. The van der Waals surface area contributed by atoms with E-state index in [0.29, 0.717) is 11.6 Å². The van der Waals surface area contributed by atoms with Crippen LogP contribution in [0.5, 0.6) is 0 Å². The lowest BCUT2D eigenvalue weighted by Crippen LogP contribution is -2.47. The number of hydrogen-bond acceptors (Lipinski definition) is 6. The largest absolute Gasteiger partial charge is 0.354 e. The van der Waals surface area contributed by atoms with Crippen LogP contribution in [0.15, 0.2) is 42.6 Å². The number of thiazole rings is 1. The van der Waals surface area contributed by atoms with Gasteiger partial charge in [-0.25, -0.2) is 9.97 Å². The van der Waals surface area contributed by atoms with Crippen LogP contribution >= 0.6 is 11.3 Å². The van der Waals surface area contributed by atoms with Gasteiger partial charge in [0.1, 0.15) is 5.82 Å². The standard InChI is InChI=1S/C20H23N5OS/c1-15-5-4-6-16-19(15)23-20(27-16)22-18(26)8-10-24-11-13-25(14-12-24)17-7-2-3-9-21-17/h2-7,9H,8,10-14H2,1H3,(H,22,23,26). The molecule has 2 aromatic heterocycles. The number of anilines is 2. The molecule has 3 heterocycles. The van der Waals surface area contributed by atoms with Gasteiger partial charge >= 0.3 is 0 Å². The number of amides is 1. The summed E-state index contributed by atoms with van der Waals surface area (Å²) in [5.74, 6) is 1.06. The summed E-state index contributed by atoms with van der Waals surface area (Å²) in [5.41, 5.74) is 2.11. The number of carbonyl (C=O) groups is 1. The van der Waals surface area contributed by atoms with Crippen LogP contribution in [0.1, 0.15) is 12.0 Å². The zero-order valence-corrected chi connectivity index (χ0v) is 16.2. The summed E-state index contributed by atoms with van der Waals surface area (Å²) in [7, 11) is 0.